The number of hydrogen-bond acceptors (Lipinski definition) is 2. The molecule has 0 amide bonds. The molecule has 19 heavy (non-hydrogen) atoms. The van der Waals surface area contributed by atoms with E-state index in [9.17, 15) is 0 Å². The molecular weight excluding hydrogens is 258 g/mol. The molecule has 3 rings (SSSR count). The highest BCUT2D eigenvalue weighted by Crippen LogP contribution is 2.28. The molecule has 0 radical (unpaired) electrons. The summed E-state index contributed by atoms with van der Waals surface area (Å²) in [5.41, 5.74) is 5.38. The molecule has 1 N–H and O–H groups in total. The first-order chi connectivity index (χ1) is 9.16. The first kappa shape index (κ1) is 12.2. The van der Waals surface area contributed by atoms with E-state index < -0.39 is 0 Å². The van der Waals surface area contributed by atoms with Crippen molar-refractivity contribution < 1.29 is 0 Å². The molecule has 0 spiro atoms. The first-order valence-corrected chi connectivity index (χ1v) is 6.58. The Hall–Kier alpha value is -1.87. The number of aromatic amines is 1. The van der Waals surface area contributed by atoms with Gasteiger partial charge in [0.1, 0.15) is 0 Å². The van der Waals surface area contributed by atoms with Gasteiger partial charge < -0.3 is 4.98 Å². The van der Waals surface area contributed by atoms with Crippen molar-refractivity contribution in [3.05, 3.63) is 58.0 Å². The quantitative estimate of drug-likeness (QED) is 0.770. The minimum absolute atomic E-state index is 0.433. The zero-order valence-corrected chi connectivity index (χ0v) is 11.6. The summed E-state index contributed by atoms with van der Waals surface area (Å²) < 4.78 is 0. The van der Waals surface area contributed by atoms with Crippen LogP contribution < -0.4 is 0 Å². The van der Waals surface area contributed by atoms with Gasteiger partial charge in [0.05, 0.1) is 11.2 Å². The molecule has 0 aliphatic rings. The maximum Gasteiger partial charge on any atom is 0.175 e. The van der Waals surface area contributed by atoms with Gasteiger partial charge >= 0.3 is 0 Å². The number of benzene rings is 1. The normalized spacial score (nSPS) is 11.1. The summed E-state index contributed by atoms with van der Waals surface area (Å²) in [6, 6.07) is 10.3. The van der Waals surface area contributed by atoms with E-state index in [0.29, 0.717) is 5.15 Å². The molecule has 0 saturated heterocycles. The number of fused-ring (bicyclic) bond motifs is 1. The van der Waals surface area contributed by atoms with Gasteiger partial charge in [0.15, 0.2) is 5.15 Å². The Kier molecular flexibility index (Phi) is 2.99. The lowest BCUT2D eigenvalue weighted by Crippen LogP contribution is -1.97. The fraction of sp³-hybridized carbons (Fsp3) is 0.200. The molecule has 0 bridgehead atoms. The summed E-state index contributed by atoms with van der Waals surface area (Å²) in [7, 11) is 0. The smallest absolute Gasteiger partial charge is 0.175 e. The molecule has 0 aliphatic heterocycles. The van der Waals surface area contributed by atoms with Crippen molar-refractivity contribution in [3.8, 4) is 0 Å². The van der Waals surface area contributed by atoms with Crippen LogP contribution in [0.4, 0.5) is 0 Å². The van der Waals surface area contributed by atoms with E-state index in [2.05, 4.69) is 34.2 Å². The molecule has 0 unspecified atom stereocenters. The number of halogens is 1. The van der Waals surface area contributed by atoms with E-state index in [0.717, 1.165) is 28.7 Å². The molecule has 2 heterocycles. The highest BCUT2D eigenvalue weighted by Gasteiger charge is 2.14. The number of H-pyrrole nitrogens is 1. The van der Waals surface area contributed by atoms with Crippen LogP contribution in [0.5, 0.6) is 0 Å². The van der Waals surface area contributed by atoms with Gasteiger partial charge in [0.25, 0.3) is 0 Å². The molecule has 3 aromatic rings. The Morgan fingerprint density at radius 1 is 1.11 bits per heavy atom. The van der Waals surface area contributed by atoms with Crippen molar-refractivity contribution in [1.82, 2.24) is 15.2 Å². The zero-order chi connectivity index (χ0) is 13.4. The molecule has 0 fully saturated rings. The molecule has 0 atom stereocenters. The van der Waals surface area contributed by atoms with Crippen LogP contribution in [0.1, 0.15) is 22.5 Å². The minimum atomic E-state index is 0.433. The summed E-state index contributed by atoms with van der Waals surface area (Å²) in [5, 5.41) is 9.85. The average Bonchev–Trinajstić information content (AvgIpc) is 2.72. The fourth-order valence-corrected chi connectivity index (χ4v) is 2.53. The lowest BCUT2D eigenvalue weighted by Gasteiger charge is -2.04. The minimum Gasteiger partial charge on any atom is -0.356 e. The molecule has 0 saturated carbocycles. The number of aromatic nitrogens is 3. The predicted octanol–water partition coefficient (Wildman–Crippen LogP) is 3.82. The summed E-state index contributed by atoms with van der Waals surface area (Å²) in [6.07, 6.45) is 0.764. The monoisotopic (exact) mass is 271 g/mol. The Morgan fingerprint density at radius 3 is 2.58 bits per heavy atom. The van der Waals surface area contributed by atoms with Gasteiger partial charge in [-0.05, 0) is 25.0 Å². The van der Waals surface area contributed by atoms with Gasteiger partial charge in [0.2, 0.25) is 0 Å². The van der Waals surface area contributed by atoms with Crippen molar-refractivity contribution >= 4 is 22.5 Å². The van der Waals surface area contributed by atoms with Crippen LogP contribution in [-0.4, -0.2) is 15.2 Å². The van der Waals surface area contributed by atoms with Crippen molar-refractivity contribution in [3.63, 3.8) is 0 Å². The van der Waals surface area contributed by atoms with Gasteiger partial charge in [-0.2, -0.15) is 5.10 Å². The second-order valence-electron chi connectivity index (χ2n) is 4.72. The second-order valence-corrected chi connectivity index (χ2v) is 5.08. The Balaban J connectivity index is 2.17. The second kappa shape index (κ2) is 4.67. The third kappa shape index (κ3) is 2.10. The third-order valence-electron chi connectivity index (χ3n) is 3.47. The standard InChI is InChI=1S/C15H14ClN3/c1-9-10(2)17-14-13(9)12(18-19-15(14)16)8-11-6-4-3-5-7-11/h3-7,17H,8H2,1-2H3. The molecule has 2 aromatic heterocycles. The number of nitrogens with one attached hydrogen (secondary N) is 1. The van der Waals surface area contributed by atoms with Gasteiger partial charge in [-0.15, -0.1) is 5.10 Å². The van der Waals surface area contributed by atoms with Crippen LogP contribution >= 0.6 is 11.6 Å². The predicted molar refractivity (Wildman–Crippen MR) is 77.6 cm³/mol. The average molecular weight is 272 g/mol. The van der Waals surface area contributed by atoms with Crippen LogP contribution in [0.15, 0.2) is 30.3 Å². The number of hydrogen-bond donors (Lipinski definition) is 1. The van der Waals surface area contributed by atoms with Crippen molar-refractivity contribution in [1.29, 1.82) is 0 Å². The zero-order valence-electron chi connectivity index (χ0n) is 10.9. The summed E-state index contributed by atoms with van der Waals surface area (Å²) in [4.78, 5) is 3.29. The molecule has 4 heteroatoms. The molecule has 0 aliphatic carbocycles. The number of nitrogens with zero attached hydrogens (tertiary/aromatic N) is 2. The van der Waals surface area contributed by atoms with E-state index >= 15 is 0 Å². The molecular formula is C15H14ClN3. The van der Waals surface area contributed by atoms with E-state index in [1.807, 2.05) is 25.1 Å². The fourth-order valence-electron chi connectivity index (χ4n) is 2.35. The van der Waals surface area contributed by atoms with Crippen LogP contribution in [-0.2, 0) is 6.42 Å². The van der Waals surface area contributed by atoms with Crippen LogP contribution in [0.2, 0.25) is 5.15 Å². The van der Waals surface area contributed by atoms with E-state index in [1.165, 1.54) is 11.1 Å². The van der Waals surface area contributed by atoms with Gasteiger partial charge in [-0.1, -0.05) is 41.9 Å². The van der Waals surface area contributed by atoms with Crippen molar-refractivity contribution in [2.45, 2.75) is 20.3 Å². The van der Waals surface area contributed by atoms with Crippen LogP contribution in [0.25, 0.3) is 10.9 Å². The van der Waals surface area contributed by atoms with E-state index in [1.54, 1.807) is 0 Å². The molecule has 1 aromatic carbocycles. The highest BCUT2D eigenvalue weighted by atomic mass is 35.5. The van der Waals surface area contributed by atoms with Gasteiger partial charge in [0, 0.05) is 17.5 Å². The summed E-state index contributed by atoms with van der Waals surface area (Å²) in [5.74, 6) is 0. The SMILES string of the molecule is Cc1[nH]c2c(Cl)nnc(Cc3ccccc3)c2c1C. The largest absolute Gasteiger partial charge is 0.356 e. The van der Waals surface area contributed by atoms with Gasteiger partial charge in [-0.3, -0.25) is 0 Å². The number of aryl methyl sites for hydroxylation is 2. The molecule has 96 valence electrons. The van der Waals surface area contributed by atoms with Crippen LogP contribution in [0, 0.1) is 13.8 Å². The summed E-state index contributed by atoms with van der Waals surface area (Å²) >= 11 is 6.11. The lowest BCUT2D eigenvalue weighted by atomic mass is 10.1. The van der Waals surface area contributed by atoms with Crippen molar-refractivity contribution in [2.24, 2.45) is 0 Å². The maximum absolute atomic E-state index is 6.11. The van der Waals surface area contributed by atoms with E-state index in [4.69, 9.17) is 11.6 Å². The topological polar surface area (TPSA) is 41.6 Å². The first-order valence-electron chi connectivity index (χ1n) is 6.20. The summed E-state index contributed by atoms with van der Waals surface area (Å²) in [6.45, 7) is 4.12. The Labute approximate surface area is 116 Å². The van der Waals surface area contributed by atoms with Crippen molar-refractivity contribution in [2.75, 3.05) is 0 Å². The highest BCUT2D eigenvalue weighted by molar-refractivity contribution is 6.33. The maximum atomic E-state index is 6.11. The number of rotatable bonds is 2. The molecule has 3 nitrogen and oxygen atoms in total. The van der Waals surface area contributed by atoms with Crippen LogP contribution in [0.3, 0.4) is 0 Å². The Bertz CT molecular complexity index is 732. The van der Waals surface area contributed by atoms with E-state index in [-0.39, 0.29) is 0 Å². The van der Waals surface area contributed by atoms with Gasteiger partial charge in [-0.25, -0.2) is 0 Å². The Morgan fingerprint density at radius 2 is 1.84 bits per heavy atom. The third-order valence-corrected chi connectivity index (χ3v) is 3.73. The lowest BCUT2D eigenvalue weighted by molar-refractivity contribution is 0.957.